The SMILES string of the molecule is CC(C)(C)c1cccc(-c2cccc3c2[N@@+]2(c4cc(C(C)(C)C)cc(C(C)(C)C)c4)[CH-][N@+]3(c3cccc(Oc4cc5c(cc4C(C)(C)C)c4ccccc4n5-c4cc(C(C)(C)C)ccn4)c3)C2)c1. The molecule has 0 amide bonds. The third-order valence-electron chi connectivity index (χ3n) is 14.8. The molecular weight excluding hydrogens is 829 g/mol. The number of hydrogen-bond donors (Lipinski definition) is 0. The highest BCUT2D eigenvalue weighted by atomic mass is 16.5. The molecule has 11 rings (SSSR count). The predicted molar refractivity (Wildman–Crippen MR) is 289 cm³/mol. The average molecular weight is 900 g/mol. The van der Waals surface area contributed by atoms with Gasteiger partial charge in [-0.1, -0.05) is 165 Å². The zero-order valence-corrected chi connectivity index (χ0v) is 43.3. The molecule has 2 atom stereocenters. The Morgan fingerprint density at radius 1 is 0.500 bits per heavy atom. The summed E-state index contributed by atoms with van der Waals surface area (Å²) in [5.74, 6) is 2.58. The number of pyridine rings is 1. The second kappa shape index (κ2) is 15.2. The van der Waals surface area contributed by atoms with Crippen molar-refractivity contribution in [1.82, 2.24) is 18.5 Å². The fourth-order valence-electron chi connectivity index (χ4n) is 10.7. The molecule has 0 saturated carbocycles. The molecule has 0 radical (unpaired) electrons. The van der Waals surface area contributed by atoms with Crippen molar-refractivity contribution in [3.8, 4) is 28.4 Å². The zero-order valence-electron chi connectivity index (χ0n) is 43.3. The Bertz CT molecular complexity index is 3260. The largest absolute Gasteiger partial charge is 0.457 e. The molecule has 0 unspecified atom stereocenters. The van der Waals surface area contributed by atoms with Gasteiger partial charge in [-0.2, -0.15) is 0 Å². The quantitative estimate of drug-likeness (QED) is 0.123. The maximum Gasteiger partial charge on any atom is 0.188 e. The van der Waals surface area contributed by atoms with E-state index in [1.807, 2.05) is 6.20 Å². The Balaban J connectivity index is 1.14. The van der Waals surface area contributed by atoms with Gasteiger partial charge in [-0.05, 0) is 97.4 Å². The highest BCUT2D eigenvalue weighted by molar-refractivity contribution is 6.10. The van der Waals surface area contributed by atoms with E-state index in [2.05, 4.69) is 249 Å². The molecule has 0 N–H and O–H groups in total. The van der Waals surface area contributed by atoms with Crippen LogP contribution in [0.4, 0.5) is 22.7 Å². The molecule has 8 aromatic rings. The highest BCUT2D eigenvalue weighted by Crippen LogP contribution is 2.68. The summed E-state index contributed by atoms with van der Waals surface area (Å²) in [5.41, 5.74) is 16.2. The number of quaternary nitrogens is 2. The van der Waals surface area contributed by atoms with E-state index in [4.69, 9.17) is 9.72 Å². The predicted octanol–water partition coefficient (Wildman–Crippen LogP) is 17.5. The van der Waals surface area contributed by atoms with Crippen LogP contribution in [0.25, 0.3) is 38.8 Å². The van der Waals surface area contributed by atoms with Gasteiger partial charge in [0.2, 0.25) is 0 Å². The lowest BCUT2D eigenvalue weighted by Crippen LogP contribution is -2.67. The summed E-state index contributed by atoms with van der Waals surface area (Å²) >= 11 is 0. The van der Waals surface area contributed by atoms with Gasteiger partial charge in [0.1, 0.15) is 28.7 Å². The minimum atomic E-state index is -0.194. The van der Waals surface area contributed by atoms with E-state index in [-0.39, 0.29) is 27.1 Å². The Labute approximate surface area is 406 Å². The van der Waals surface area contributed by atoms with E-state index in [1.54, 1.807) is 0 Å². The van der Waals surface area contributed by atoms with Crippen LogP contribution in [0.15, 0.2) is 140 Å². The van der Waals surface area contributed by atoms with Crippen molar-refractivity contribution >= 4 is 44.6 Å². The number of rotatable bonds is 6. The molecular formula is C63H71N4O+. The lowest BCUT2D eigenvalue weighted by Gasteiger charge is -2.56. The molecule has 0 aliphatic carbocycles. The summed E-state index contributed by atoms with van der Waals surface area (Å²) in [6, 6.07) is 50.3. The molecule has 5 heteroatoms. The molecule has 3 aliphatic heterocycles. The minimum absolute atomic E-state index is 0.0177. The summed E-state index contributed by atoms with van der Waals surface area (Å²) in [4.78, 5) is 4.98. The molecule has 5 heterocycles. The molecule has 1 fully saturated rings. The van der Waals surface area contributed by atoms with E-state index in [9.17, 15) is 0 Å². The first kappa shape index (κ1) is 45.8. The first-order chi connectivity index (χ1) is 31.8. The normalized spacial score (nSPS) is 18.5. The van der Waals surface area contributed by atoms with Gasteiger partial charge in [0.15, 0.2) is 18.0 Å². The summed E-state index contributed by atoms with van der Waals surface area (Å²) in [5, 5.41) is 2.40. The smallest absolute Gasteiger partial charge is 0.188 e. The number of ether oxygens (including phenoxy) is 1. The van der Waals surface area contributed by atoms with Crippen molar-refractivity contribution in [2.75, 3.05) is 6.67 Å². The number of hydrogen-bond acceptors (Lipinski definition) is 2. The summed E-state index contributed by atoms with van der Waals surface area (Å²) < 4.78 is 10.9. The molecule has 3 aliphatic rings. The molecule has 1 saturated heterocycles. The van der Waals surface area contributed by atoms with Gasteiger partial charge >= 0.3 is 0 Å². The average Bonchev–Trinajstić information content (AvgIpc) is 3.86. The maximum absolute atomic E-state index is 7.25. The lowest BCUT2D eigenvalue weighted by molar-refractivity contribution is 0.186. The lowest BCUT2D eigenvalue weighted by atomic mass is 9.80. The standard InChI is InChI=1S/C63H71N4O/c1-59(2,3)42-22-18-21-41(31-42)49-26-20-28-55-58(49)67(47-33-44(61(7,8)9)32-45(34-47)62(10,11)12)39-66(55,40-67)46-23-19-24-48(36-46)68-56-38-54-51(37-52(56)63(13,14)15)50-25-16-17-27-53(50)65(54)57-35-43(29-30-64-57)60(4,5)6/h16-39H,40H2,1-15H3/q+1/t66-,67+/m1/s1. The summed E-state index contributed by atoms with van der Waals surface area (Å²) in [7, 11) is 0. The van der Waals surface area contributed by atoms with Gasteiger partial charge < -0.3 is 4.74 Å². The van der Waals surface area contributed by atoms with Crippen LogP contribution in [0.1, 0.15) is 132 Å². The van der Waals surface area contributed by atoms with Crippen LogP contribution in [-0.2, 0) is 27.1 Å². The van der Waals surface area contributed by atoms with Crippen LogP contribution in [0.3, 0.4) is 0 Å². The number of aromatic nitrogens is 2. The summed E-state index contributed by atoms with van der Waals surface area (Å²) in [6.07, 6.45) is 1.95. The van der Waals surface area contributed by atoms with Crippen LogP contribution in [0, 0.1) is 6.67 Å². The topological polar surface area (TPSA) is 27.1 Å². The second-order valence-corrected chi connectivity index (χ2v) is 25.0. The second-order valence-electron chi connectivity index (χ2n) is 25.0. The summed E-state index contributed by atoms with van der Waals surface area (Å²) in [6.45, 7) is 38.0. The molecule has 68 heavy (non-hydrogen) atoms. The molecule has 5 nitrogen and oxygen atoms in total. The third-order valence-corrected chi connectivity index (χ3v) is 14.8. The van der Waals surface area contributed by atoms with Gasteiger partial charge in [0, 0.05) is 58.4 Å². The highest BCUT2D eigenvalue weighted by Gasteiger charge is 2.64. The monoisotopic (exact) mass is 900 g/mol. The Hall–Kier alpha value is -6.01. The number of nitrogens with zero attached hydrogens (tertiary/aromatic N) is 4. The maximum atomic E-state index is 7.25. The van der Waals surface area contributed by atoms with Gasteiger partial charge in [-0.3, -0.25) is 13.5 Å². The Kier molecular flexibility index (Phi) is 10.3. The van der Waals surface area contributed by atoms with Crippen LogP contribution < -0.4 is 13.7 Å². The number of para-hydroxylation sites is 2. The van der Waals surface area contributed by atoms with Gasteiger partial charge in [-0.25, -0.2) is 4.98 Å². The Morgan fingerprint density at radius 3 is 1.79 bits per heavy atom. The minimum Gasteiger partial charge on any atom is -0.457 e. The first-order valence-electron chi connectivity index (χ1n) is 24.7. The van der Waals surface area contributed by atoms with Crippen molar-refractivity contribution in [1.29, 1.82) is 0 Å². The molecule has 2 aromatic heterocycles. The number of fused-ring (bicyclic) bond motifs is 3. The van der Waals surface area contributed by atoms with E-state index < -0.39 is 0 Å². The van der Waals surface area contributed by atoms with Crippen LogP contribution in [0.2, 0.25) is 0 Å². The van der Waals surface area contributed by atoms with E-state index >= 15 is 0 Å². The molecule has 0 spiro atoms. The van der Waals surface area contributed by atoms with Crippen LogP contribution in [0.5, 0.6) is 11.5 Å². The fraction of sp³-hybridized carbons (Fsp3) is 0.333. The fourth-order valence-corrected chi connectivity index (χ4v) is 10.7. The van der Waals surface area contributed by atoms with E-state index in [1.165, 1.54) is 66.9 Å². The third kappa shape index (κ3) is 7.49. The molecule has 2 bridgehead atoms. The van der Waals surface area contributed by atoms with Crippen molar-refractivity contribution in [3.05, 3.63) is 174 Å². The van der Waals surface area contributed by atoms with E-state index in [0.29, 0.717) is 8.97 Å². The number of benzene rings is 6. The zero-order chi connectivity index (χ0) is 48.6. The van der Waals surface area contributed by atoms with Crippen LogP contribution in [-0.4, -0.2) is 16.2 Å². The van der Waals surface area contributed by atoms with Crippen LogP contribution >= 0.6 is 0 Å². The van der Waals surface area contributed by atoms with Crippen molar-refractivity contribution in [2.24, 2.45) is 0 Å². The van der Waals surface area contributed by atoms with Crippen molar-refractivity contribution in [3.63, 3.8) is 0 Å². The first-order valence-corrected chi connectivity index (χ1v) is 24.7. The van der Waals surface area contributed by atoms with Crippen molar-refractivity contribution in [2.45, 2.75) is 131 Å². The van der Waals surface area contributed by atoms with E-state index in [0.717, 1.165) is 40.6 Å². The molecule has 348 valence electrons. The Morgan fingerprint density at radius 2 is 1.13 bits per heavy atom. The molecule has 6 aromatic carbocycles. The van der Waals surface area contributed by atoms with Gasteiger partial charge in [-0.15, -0.1) is 0 Å². The van der Waals surface area contributed by atoms with Gasteiger partial charge in [0.25, 0.3) is 0 Å². The van der Waals surface area contributed by atoms with Gasteiger partial charge in [0.05, 0.1) is 17.7 Å². The van der Waals surface area contributed by atoms with Crippen molar-refractivity contribution < 1.29 is 4.74 Å².